The van der Waals surface area contributed by atoms with E-state index >= 15 is 0 Å². The number of nitriles is 1. The summed E-state index contributed by atoms with van der Waals surface area (Å²) in [6.45, 7) is 5.01. The predicted octanol–water partition coefficient (Wildman–Crippen LogP) is 3.59. The molecule has 0 unspecified atom stereocenters. The zero-order valence-corrected chi connectivity index (χ0v) is 17.9. The Morgan fingerprint density at radius 2 is 1.93 bits per heavy atom. The van der Waals surface area contributed by atoms with Crippen LogP contribution >= 0.6 is 11.6 Å². The number of nitrogens with one attached hydrogen (secondary N) is 1. The number of hydrogen-bond donors (Lipinski definition) is 1. The molecule has 29 heavy (non-hydrogen) atoms. The summed E-state index contributed by atoms with van der Waals surface area (Å²) in [7, 11) is -3.21. The second-order valence-electron chi connectivity index (χ2n) is 6.57. The number of esters is 1. The number of ether oxygens (including phenoxy) is 1. The highest BCUT2D eigenvalue weighted by Gasteiger charge is 2.35. The highest BCUT2D eigenvalue weighted by atomic mass is 35.5. The number of carbonyl (C=O) groups is 1. The van der Waals surface area contributed by atoms with E-state index in [4.69, 9.17) is 16.3 Å². The Morgan fingerprint density at radius 3 is 2.52 bits per heavy atom. The van der Waals surface area contributed by atoms with Crippen molar-refractivity contribution in [2.45, 2.75) is 37.6 Å². The van der Waals surface area contributed by atoms with Crippen LogP contribution in [-0.2, 0) is 19.6 Å². The summed E-state index contributed by atoms with van der Waals surface area (Å²) in [6, 6.07) is 6.91. The molecule has 2 aromatic rings. The molecule has 0 saturated carbocycles. The van der Waals surface area contributed by atoms with Gasteiger partial charge in [-0.2, -0.15) is 9.98 Å². The van der Waals surface area contributed by atoms with Gasteiger partial charge in [0.25, 0.3) is 0 Å². The van der Waals surface area contributed by atoms with Crippen molar-refractivity contribution in [3.8, 4) is 6.07 Å². The number of rotatable bonds is 6. The van der Waals surface area contributed by atoms with Crippen LogP contribution in [0.2, 0.25) is 5.02 Å². The van der Waals surface area contributed by atoms with Gasteiger partial charge in [0.1, 0.15) is 17.9 Å². The van der Waals surface area contributed by atoms with Gasteiger partial charge in [0.2, 0.25) is 10.0 Å². The van der Waals surface area contributed by atoms with Crippen LogP contribution in [0.1, 0.15) is 35.1 Å². The summed E-state index contributed by atoms with van der Waals surface area (Å²) >= 11 is 5.82. The zero-order valence-electron chi connectivity index (χ0n) is 16.3. The summed E-state index contributed by atoms with van der Waals surface area (Å²) in [5.74, 6) is -2.32. The third-order valence-electron chi connectivity index (χ3n) is 4.78. The molecule has 0 amide bonds. The van der Waals surface area contributed by atoms with Crippen LogP contribution in [0, 0.1) is 31.0 Å². The molecule has 2 rings (SSSR count). The third kappa shape index (κ3) is 4.75. The van der Waals surface area contributed by atoms with Crippen molar-refractivity contribution in [2.24, 2.45) is 0 Å². The Labute approximate surface area is 174 Å². The van der Waals surface area contributed by atoms with Crippen LogP contribution in [0.3, 0.4) is 0 Å². The molecular formula is C20H20ClFN2O4S. The Morgan fingerprint density at radius 1 is 1.28 bits per heavy atom. The highest BCUT2D eigenvalue weighted by Crippen LogP contribution is 2.30. The molecule has 0 fully saturated rings. The van der Waals surface area contributed by atoms with Crippen molar-refractivity contribution in [1.82, 2.24) is 4.72 Å². The standard InChI is InChI=1S/C20H20ClFN2O4S/c1-11-5-7-16(22)18(12(11)2)13(3)19(20(25)28-4)24-29(26,27)17-8-6-15(21)9-14(17)10-23/h5-9,13,19,24H,1-4H3/t13-,19+/m1/s1. The lowest BCUT2D eigenvalue weighted by Crippen LogP contribution is -2.45. The monoisotopic (exact) mass is 438 g/mol. The molecule has 0 aliphatic heterocycles. The number of aryl methyl sites for hydroxylation is 1. The Hall–Kier alpha value is -2.47. The van der Waals surface area contributed by atoms with Gasteiger partial charge in [0.15, 0.2) is 0 Å². The van der Waals surface area contributed by atoms with E-state index in [1.807, 2.05) is 0 Å². The van der Waals surface area contributed by atoms with Crippen LogP contribution in [-0.4, -0.2) is 27.5 Å². The van der Waals surface area contributed by atoms with E-state index in [-0.39, 0.29) is 21.0 Å². The van der Waals surface area contributed by atoms with Crippen molar-refractivity contribution >= 4 is 27.6 Å². The van der Waals surface area contributed by atoms with Crippen LogP contribution in [0.25, 0.3) is 0 Å². The van der Waals surface area contributed by atoms with Gasteiger partial charge in [-0.05, 0) is 54.8 Å². The average molecular weight is 439 g/mol. The molecule has 2 aromatic carbocycles. The molecule has 0 saturated heterocycles. The number of sulfonamides is 1. The van der Waals surface area contributed by atoms with E-state index in [1.54, 1.807) is 26.0 Å². The second kappa shape index (κ2) is 8.91. The first-order chi connectivity index (χ1) is 13.5. The first kappa shape index (κ1) is 22.8. The van der Waals surface area contributed by atoms with E-state index in [2.05, 4.69) is 4.72 Å². The fraction of sp³-hybridized carbons (Fsp3) is 0.300. The summed E-state index contributed by atoms with van der Waals surface area (Å²) in [5.41, 5.74) is 1.43. The van der Waals surface area contributed by atoms with Gasteiger partial charge < -0.3 is 4.74 Å². The van der Waals surface area contributed by atoms with E-state index in [0.29, 0.717) is 5.56 Å². The molecule has 0 aliphatic carbocycles. The fourth-order valence-electron chi connectivity index (χ4n) is 3.07. The Balaban J connectivity index is 2.54. The quantitative estimate of drug-likeness (QED) is 0.695. The highest BCUT2D eigenvalue weighted by molar-refractivity contribution is 7.89. The number of hydrogen-bond acceptors (Lipinski definition) is 5. The maximum Gasteiger partial charge on any atom is 0.324 e. The normalized spacial score (nSPS) is 13.4. The summed E-state index contributed by atoms with van der Waals surface area (Å²) in [5, 5.41) is 9.43. The van der Waals surface area contributed by atoms with Gasteiger partial charge in [-0.3, -0.25) is 4.79 Å². The lowest BCUT2D eigenvalue weighted by molar-refractivity contribution is -0.143. The molecular weight excluding hydrogens is 419 g/mol. The van der Waals surface area contributed by atoms with Crippen LogP contribution < -0.4 is 4.72 Å². The average Bonchev–Trinajstić information content (AvgIpc) is 2.68. The number of carbonyl (C=O) groups excluding carboxylic acids is 1. The first-order valence-electron chi connectivity index (χ1n) is 8.59. The minimum absolute atomic E-state index is 0.181. The van der Waals surface area contributed by atoms with Gasteiger partial charge in [-0.25, -0.2) is 12.8 Å². The molecule has 1 N–H and O–H groups in total. The van der Waals surface area contributed by atoms with E-state index in [9.17, 15) is 22.9 Å². The lowest BCUT2D eigenvalue weighted by atomic mass is 9.88. The van der Waals surface area contributed by atoms with Crippen molar-refractivity contribution in [3.63, 3.8) is 0 Å². The van der Waals surface area contributed by atoms with Gasteiger partial charge in [-0.1, -0.05) is 24.6 Å². The molecule has 0 heterocycles. The van der Waals surface area contributed by atoms with E-state index in [0.717, 1.165) is 12.7 Å². The summed E-state index contributed by atoms with van der Waals surface area (Å²) in [6.07, 6.45) is 0. The maximum atomic E-state index is 14.5. The summed E-state index contributed by atoms with van der Waals surface area (Å²) < 4.78 is 47.4. The number of benzene rings is 2. The topological polar surface area (TPSA) is 96.3 Å². The van der Waals surface area contributed by atoms with Crippen molar-refractivity contribution in [3.05, 3.63) is 63.4 Å². The lowest BCUT2D eigenvalue weighted by Gasteiger charge is -2.25. The molecule has 0 radical (unpaired) electrons. The molecule has 2 atom stereocenters. The maximum absolute atomic E-state index is 14.5. The molecule has 6 nitrogen and oxygen atoms in total. The molecule has 154 valence electrons. The first-order valence-corrected chi connectivity index (χ1v) is 10.4. The van der Waals surface area contributed by atoms with Crippen molar-refractivity contribution < 1.29 is 22.3 Å². The smallest absolute Gasteiger partial charge is 0.324 e. The van der Waals surface area contributed by atoms with Crippen LogP contribution in [0.5, 0.6) is 0 Å². The van der Waals surface area contributed by atoms with E-state index in [1.165, 1.54) is 31.2 Å². The molecule has 0 aliphatic rings. The SMILES string of the molecule is COC(=O)[C@@H](NS(=O)(=O)c1ccc(Cl)cc1C#N)[C@H](C)c1c(F)ccc(C)c1C. The number of nitrogens with zero attached hydrogens (tertiary/aromatic N) is 1. The third-order valence-corrected chi connectivity index (χ3v) is 6.51. The predicted molar refractivity (Wildman–Crippen MR) is 107 cm³/mol. The minimum Gasteiger partial charge on any atom is -0.468 e. The zero-order chi connectivity index (χ0) is 21.9. The Bertz CT molecular complexity index is 1100. The fourth-order valence-corrected chi connectivity index (χ4v) is 4.64. The largest absolute Gasteiger partial charge is 0.468 e. The Kier molecular flexibility index (Phi) is 7.01. The number of halogens is 2. The van der Waals surface area contributed by atoms with Gasteiger partial charge in [0, 0.05) is 10.9 Å². The minimum atomic E-state index is -4.32. The van der Waals surface area contributed by atoms with Crippen molar-refractivity contribution in [2.75, 3.05) is 7.11 Å². The molecule has 9 heteroatoms. The molecule has 0 spiro atoms. The van der Waals surface area contributed by atoms with Gasteiger partial charge in [-0.15, -0.1) is 0 Å². The van der Waals surface area contributed by atoms with Crippen molar-refractivity contribution in [1.29, 1.82) is 5.26 Å². The van der Waals surface area contributed by atoms with Gasteiger partial charge in [0.05, 0.1) is 17.6 Å². The summed E-state index contributed by atoms with van der Waals surface area (Å²) in [4.78, 5) is 12.1. The van der Waals surface area contributed by atoms with Crippen LogP contribution in [0.15, 0.2) is 35.2 Å². The number of methoxy groups -OCH3 is 1. The molecule has 0 bridgehead atoms. The van der Waals surface area contributed by atoms with Gasteiger partial charge >= 0.3 is 5.97 Å². The second-order valence-corrected chi connectivity index (χ2v) is 8.68. The molecule has 0 aromatic heterocycles. The van der Waals surface area contributed by atoms with E-state index < -0.39 is 33.8 Å². The van der Waals surface area contributed by atoms with Crippen LogP contribution in [0.4, 0.5) is 4.39 Å².